The number of aromatic nitrogens is 1. The largest absolute Gasteiger partial charge is 0.462 e. The fourth-order valence-electron chi connectivity index (χ4n) is 1.90. The minimum atomic E-state index is -0.408. The van der Waals surface area contributed by atoms with Gasteiger partial charge in [0.2, 0.25) is 0 Å². The third-order valence-electron chi connectivity index (χ3n) is 2.96. The van der Waals surface area contributed by atoms with Crippen LogP contribution in [0.5, 0.6) is 0 Å². The molecule has 0 bridgehead atoms. The van der Waals surface area contributed by atoms with Gasteiger partial charge in [0, 0.05) is 12.2 Å². The molecule has 0 spiro atoms. The van der Waals surface area contributed by atoms with E-state index in [-0.39, 0.29) is 0 Å². The van der Waals surface area contributed by atoms with Crippen LogP contribution in [-0.4, -0.2) is 23.6 Å². The number of carbonyl (C=O) groups is 1. The monoisotopic (exact) mass is 265 g/mol. The van der Waals surface area contributed by atoms with E-state index in [0.717, 1.165) is 19.3 Å². The molecule has 19 heavy (non-hydrogen) atoms. The van der Waals surface area contributed by atoms with Gasteiger partial charge < -0.3 is 15.8 Å². The molecule has 0 aliphatic rings. The lowest BCUT2D eigenvalue weighted by atomic mass is 10.1. The van der Waals surface area contributed by atoms with Gasteiger partial charge in [0.1, 0.15) is 5.82 Å². The summed E-state index contributed by atoms with van der Waals surface area (Å²) < 4.78 is 4.97. The first-order valence-corrected chi connectivity index (χ1v) is 6.82. The number of ether oxygens (including phenoxy) is 1. The molecule has 0 saturated carbocycles. The van der Waals surface area contributed by atoms with E-state index in [9.17, 15) is 4.79 Å². The molecule has 5 nitrogen and oxygen atoms in total. The van der Waals surface area contributed by atoms with Crippen molar-refractivity contribution < 1.29 is 9.53 Å². The van der Waals surface area contributed by atoms with Gasteiger partial charge in [0.25, 0.3) is 0 Å². The maximum absolute atomic E-state index is 11.7. The molecule has 0 aliphatic heterocycles. The third-order valence-corrected chi connectivity index (χ3v) is 2.96. The SMILES string of the molecule is CCCC(CC)Nc1nccc(C(=O)OCC)c1N. The molecule has 5 heteroatoms. The van der Waals surface area contributed by atoms with E-state index < -0.39 is 5.97 Å². The first kappa shape index (κ1) is 15.3. The Morgan fingerprint density at radius 2 is 2.21 bits per heavy atom. The summed E-state index contributed by atoms with van der Waals surface area (Å²) in [6, 6.07) is 1.90. The third kappa shape index (κ3) is 4.12. The van der Waals surface area contributed by atoms with Gasteiger partial charge in [-0.15, -0.1) is 0 Å². The van der Waals surface area contributed by atoms with Crippen LogP contribution in [-0.2, 0) is 4.74 Å². The van der Waals surface area contributed by atoms with Crippen LogP contribution < -0.4 is 11.1 Å². The average molecular weight is 265 g/mol. The summed E-state index contributed by atoms with van der Waals surface area (Å²) >= 11 is 0. The van der Waals surface area contributed by atoms with Crippen molar-refractivity contribution in [2.24, 2.45) is 0 Å². The van der Waals surface area contributed by atoms with Crippen LogP contribution in [0.3, 0.4) is 0 Å². The van der Waals surface area contributed by atoms with Gasteiger partial charge in [0.15, 0.2) is 0 Å². The molecular formula is C14H23N3O2. The molecule has 0 saturated heterocycles. The zero-order valence-electron chi connectivity index (χ0n) is 11.9. The van der Waals surface area contributed by atoms with Gasteiger partial charge in [-0.1, -0.05) is 20.3 Å². The number of nitrogens with two attached hydrogens (primary N) is 1. The summed E-state index contributed by atoms with van der Waals surface area (Å²) in [7, 11) is 0. The fraction of sp³-hybridized carbons (Fsp3) is 0.571. The lowest BCUT2D eigenvalue weighted by molar-refractivity contribution is 0.0527. The molecule has 0 fully saturated rings. The van der Waals surface area contributed by atoms with Crippen LogP contribution in [0.15, 0.2) is 12.3 Å². The van der Waals surface area contributed by atoms with Gasteiger partial charge >= 0.3 is 5.97 Å². The Labute approximate surface area is 114 Å². The van der Waals surface area contributed by atoms with Gasteiger partial charge in [-0.3, -0.25) is 0 Å². The number of nitrogens with zero attached hydrogens (tertiary/aromatic N) is 1. The number of hydrogen-bond donors (Lipinski definition) is 2. The Morgan fingerprint density at radius 3 is 2.79 bits per heavy atom. The smallest absolute Gasteiger partial charge is 0.340 e. The number of hydrogen-bond acceptors (Lipinski definition) is 5. The summed E-state index contributed by atoms with van der Waals surface area (Å²) in [5, 5.41) is 3.29. The maximum atomic E-state index is 11.7. The predicted molar refractivity (Wildman–Crippen MR) is 77.2 cm³/mol. The first-order valence-electron chi connectivity index (χ1n) is 6.82. The molecule has 1 atom stereocenters. The van der Waals surface area contributed by atoms with Crippen molar-refractivity contribution in [2.45, 2.75) is 46.1 Å². The highest BCUT2D eigenvalue weighted by atomic mass is 16.5. The van der Waals surface area contributed by atoms with Crippen molar-refractivity contribution in [1.82, 2.24) is 4.98 Å². The van der Waals surface area contributed by atoms with Crippen molar-refractivity contribution in [2.75, 3.05) is 17.7 Å². The molecular weight excluding hydrogens is 242 g/mol. The number of rotatable bonds is 7. The molecule has 0 aromatic carbocycles. The van der Waals surface area contributed by atoms with E-state index in [1.54, 1.807) is 19.2 Å². The summed E-state index contributed by atoms with van der Waals surface area (Å²) in [5.41, 5.74) is 6.71. The standard InChI is InChI=1S/C14H23N3O2/c1-4-7-10(5-2)17-13-12(15)11(8-9-16-13)14(18)19-6-3/h8-10H,4-7,15H2,1-3H3,(H,16,17). The Morgan fingerprint density at radius 1 is 1.47 bits per heavy atom. The molecule has 106 valence electrons. The van der Waals surface area contributed by atoms with Crippen molar-refractivity contribution in [3.05, 3.63) is 17.8 Å². The second-order valence-corrected chi connectivity index (χ2v) is 4.38. The van der Waals surface area contributed by atoms with Crippen molar-refractivity contribution in [1.29, 1.82) is 0 Å². The van der Waals surface area contributed by atoms with E-state index in [1.165, 1.54) is 0 Å². The Hall–Kier alpha value is -1.78. The van der Waals surface area contributed by atoms with Crippen LogP contribution >= 0.6 is 0 Å². The zero-order chi connectivity index (χ0) is 14.3. The minimum Gasteiger partial charge on any atom is -0.462 e. The molecule has 0 radical (unpaired) electrons. The number of nitrogens with one attached hydrogen (secondary N) is 1. The quantitative estimate of drug-likeness (QED) is 0.741. The molecule has 1 aromatic rings. The fourth-order valence-corrected chi connectivity index (χ4v) is 1.90. The van der Waals surface area contributed by atoms with Crippen LogP contribution in [0.25, 0.3) is 0 Å². The summed E-state index contributed by atoms with van der Waals surface area (Å²) in [6.45, 7) is 6.34. The molecule has 1 aromatic heterocycles. The topological polar surface area (TPSA) is 77.2 Å². The average Bonchev–Trinajstić information content (AvgIpc) is 2.40. The molecule has 0 amide bonds. The van der Waals surface area contributed by atoms with E-state index in [0.29, 0.717) is 29.7 Å². The number of pyridine rings is 1. The summed E-state index contributed by atoms with van der Waals surface area (Å²) in [6.07, 6.45) is 4.69. The van der Waals surface area contributed by atoms with Crippen LogP contribution in [0.4, 0.5) is 11.5 Å². The lowest BCUT2D eigenvalue weighted by Crippen LogP contribution is -2.21. The second kappa shape index (κ2) is 7.61. The normalized spacial score (nSPS) is 11.9. The molecule has 3 N–H and O–H groups in total. The Bertz CT molecular complexity index is 421. The van der Waals surface area contributed by atoms with E-state index in [1.807, 2.05) is 0 Å². The van der Waals surface area contributed by atoms with Gasteiger partial charge in [0.05, 0.1) is 17.9 Å². The lowest BCUT2D eigenvalue weighted by Gasteiger charge is -2.18. The van der Waals surface area contributed by atoms with Crippen molar-refractivity contribution >= 4 is 17.5 Å². The van der Waals surface area contributed by atoms with Gasteiger partial charge in [-0.25, -0.2) is 9.78 Å². The van der Waals surface area contributed by atoms with E-state index in [4.69, 9.17) is 10.5 Å². The summed E-state index contributed by atoms with van der Waals surface area (Å²) in [5.74, 6) is 0.153. The number of anilines is 2. The van der Waals surface area contributed by atoms with Gasteiger partial charge in [-0.05, 0) is 25.8 Å². The Balaban J connectivity index is 2.90. The van der Waals surface area contributed by atoms with Crippen LogP contribution in [0.2, 0.25) is 0 Å². The zero-order valence-corrected chi connectivity index (χ0v) is 11.9. The highest BCUT2D eigenvalue weighted by Crippen LogP contribution is 2.22. The minimum absolute atomic E-state index is 0.317. The van der Waals surface area contributed by atoms with Crippen molar-refractivity contribution in [3.63, 3.8) is 0 Å². The van der Waals surface area contributed by atoms with Crippen LogP contribution in [0.1, 0.15) is 50.4 Å². The number of carbonyl (C=O) groups excluding carboxylic acids is 1. The second-order valence-electron chi connectivity index (χ2n) is 4.38. The van der Waals surface area contributed by atoms with E-state index in [2.05, 4.69) is 24.1 Å². The molecule has 0 aliphatic carbocycles. The Kier molecular flexibility index (Phi) is 6.12. The molecule has 1 unspecified atom stereocenters. The van der Waals surface area contributed by atoms with Crippen molar-refractivity contribution in [3.8, 4) is 0 Å². The number of nitrogen functional groups attached to an aromatic ring is 1. The highest BCUT2D eigenvalue weighted by molar-refractivity contribution is 5.97. The maximum Gasteiger partial charge on any atom is 0.340 e. The predicted octanol–water partition coefficient (Wildman–Crippen LogP) is 2.83. The number of esters is 1. The van der Waals surface area contributed by atoms with Crippen LogP contribution in [0, 0.1) is 0 Å². The molecule has 1 heterocycles. The van der Waals surface area contributed by atoms with Gasteiger partial charge in [-0.2, -0.15) is 0 Å². The summed E-state index contributed by atoms with van der Waals surface area (Å²) in [4.78, 5) is 15.9. The highest BCUT2D eigenvalue weighted by Gasteiger charge is 2.16. The first-order chi connectivity index (χ1) is 9.13. The van der Waals surface area contributed by atoms with E-state index >= 15 is 0 Å². The molecule has 1 rings (SSSR count).